The summed E-state index contributed by atoms with van der Waals surface area (Å²) in [6.07, 6.45) is 4.59. The molecule has 0 saturated carbocycles. The van der Waals surface area contributed by atoms with Gasteiger partial charge in [-0.05, 0) is 37.8 Å². The van der Waals surface area contributed by atoms with Gasteiger partial charge >= 0.3 is 6.61 Å². The Morgan fingerprint density at radius 3 is 2.87 bits per heavy atom. The maximum absolute atomic E-state index is 12.4. The average molecular weight is 325 g/mol. The third-order valence-electron chi connectivity index (χ3n) is 4.06. The number of ether oxygens (including phenoxy) is 1. The summed E-state index contributed by atoms with van der Waals surface area (Å²) in [7, 11) is 0. The molecule has 1 aliphatic heterocycles. The molecule has 126 valence electrons. The zero-order valence-electron chi connectivity index (χ0n) is 13.0. The Morgan fingerprint density at radius 1 is 1.43 bits per heavy atom. The third kappa shape index (κ3) is 4.76. The lowest BCUT2D eigenvalue weighted by molar-refractivity contribution is -0.130. The molecular formula is C17H21F2NO3. The summed E-state index contributed by atoms with van der Waals surface area (Å²) >= 11 is 0. The van der Waals surface area contributed by atoms with Crippen molar-refractivity contribution in [2.75, 3.05) is 13.2 Å². The van der Waals surface area contributed by atoms with Gasteiger partial charge in [-0.1, -0.05) is 18.2 Å². The SMILES string of the molecule is CC1CCC(CO)CN1C(=O)/C=C/c1ccccc1OC(F)F. The Balaban J connectivity index is 2.08. The number of hydrogen-bond acceptors (Lipinski definition) is 3. The van der Waals surface area contributed by atoms with Crippen LogP contribution in [0.5, 0.6) is 5.75 Å². The van der Waals surface area contributed by atoms with Gasteiger partial charge in [0, 0.05) is 30.8 Å². The Morgan fingerprint density at radius 2 is 2.17 bits per heavy atom. The van der Waals surface area contributed by atoms with Crippen LogP contribution in [-0.4, -0.2) is 41.7 Å². The van der Waals surface area contributed by atoms with E-state index in [1.54, 1.807) is 23.1 Å². The minimum Gasteiger partial charge on any atom is -0.434 e. The number of carbonyl (C=O) groups is 1. The second-order valence-corrected chi connectivity index (χ2v) is 5.72. The number of aliphatic hydroxyl groups excluding tert-OH is 1. The van der Waals surface area contributed by atoms with Crippen molar-refractivity contribution in [3.63, 3.8) is 0 Å². The number of carbonyl (C=O) groups excluding carboxylic acids is 1. The number of piperidine rings is 1. The second kappa shape index (κ2) is 8.06. The molecule has 6 heteroatoms. The van der Waals surface area contributed by atoms with Gasteiger partial charge in [-0.15, -0.1) is 0 Å². The molecule has 4 nitrogen and oxygen atoms in total. The summed E-state index contributed by atoms with van der Waals surface area (Å²) in [6, 6.07) is 6.42. The summed E-state index contributed by atoms with van der Waals surface area (Å²) in [4.78, 5) is 14.1. The number of para-hydroxylation sites is 1. The molecular weight excluding hydrogens is 304 g/mol. The van der Waals surface area contributed by atoms with Crippen LogP contribution < -0.4 is 4.74 Å². The monoisotopic (exact) mass is 325 g/mol. The first-order valence-corrected chi connectivity index (χ1v) is 7.64. The van der Waals surface area contributed by atoms with Crippen molar-refractivity contribution in [1.29, 1.82) is 0 Å². The summed E-state index contributed by atoms with van der Waals surface area (Å²) in [5.74, 6) is -0.0630. The molecule has 1 aliphatic rings. The van der Waals surface area contributed by atoms with E-state index in [2.05, 4.69) is 4.74 Å². The molecule has 2 atom stereocenters. The number of alkyl halides is 2. The number of likely N-dealkylation sites (tertiary alicyclic amines) is 1. The zero-order valence-corrected chi connectivity index (χ0v) is 13.0. The summed E-state index contributed by atoms with van der Waals surface area (Å²) in [6.45, 7) is -0.373. The van der Waals surface area contributed by atoms with Crippen molar-refractivity contribution in [2.45, 2.75) is 32.4 Å². The topological polar surface area (TPSA) is 49.8 Å². The molecule has 1 aromatic carbocycles. The lowest BCUT2D eigenvalue weighted by atomic mass is 9.94. The molecule has 1 aromatic rings. The second-order valence-electron chi connectivity index (χ2n) is 5.72. The van der Waals surface area contributed by atoms with Gasteiger partial charge in [0.05, 0.1) is 0 Å². The number of halogens is 2. The first-order valence-electron chi connectivity index (χ1n) is 7.64. The fourth-order valence-electron chi connectivity index (χ4n) is 2.72. The van der Waals surface area contributed by atoms with Gasteiger partial charge < -0.3 is 14.7 Å². The molecule has 2 unspecified atom stereocenters. The van der Waals surface area contributed by atoms with E-state index in [-0.39, 0.29) is 30.2 Å². The fraction of sp³-hybridized carbons (Fsp3) is 0.471. The van der Waals surface area contributed by atoms with Gasteiger partial charge in [-0.2, -0.15) is 8.78 Å². The molecule has 0 spiro atoms. The smallest absolute Gasteiger partial charge is 0.387 e. The summed E-state index contributed by atoms with van der Waals surface area (Å²) in [5.41, 5.74) is 0.421. The summed E-state index contributed by atoms with van der Waals surface area (Å²) in [5, 5.41) is 9.26. The van der Waals surface area contributed by atoms with Crippen molar-refractivity contribution in [1.82, 2.24) is 4.90 Å². The normalized spacial score (nSPS) is 21.9. The van der Waals surface area contributed by atoms with Crippen LogP contribution in [0.1, 0.15) is 25.3 Å². The van der Waals surface area contributed by atoms with Crippen molar-refractivity contribution in [3.05, 3.63) is 35.9 Å². The third-order valence-corrected chi connectivity index (χ3v) is 4.06. The standard InChI is InChI=1S/C17H21F2NO3/c1-12-6-7-13(11-21)10-20(12)16(22)9-8-14-4-2-3-5-15(14)23-17(18)19/h2-5,8-9,12-13,17,21H,6-7,10-11H2,1H3/b9-8+. The first kappa shape index (κ1) is 17.4. The van der Waals surface area contributed by atoms with E-state index in [1.165, 1.54) is 18.2 Å². The summed E-state index contributed by atoms with van der Waals surface area (Å²) < 4.78 is 29.2. The van der Waals surface area contributed by atoms with Crippen LogP contribution in [0.25, 0.3) is 6.08 Å². The first-order chi connectivity index (χ1) is 11.0. The van der Waals surface area contributed by atoms with Crippen LogP contribution in [0.4, 0.5) is 8.78 Å². The maximum atomic E-state index is 12.4. The van der Waals surface area contributed by atoms with Gasteiger partial charge in [0.15, 0.2) is 0 Å². The van der Waals surface area contributed by atoms with E-state index in [0.717, 1.165) is 12.8 Å². The number of nitrogens with zero attached hydrogens (tertiary/aromatic N) is 1. The van der Waals surface area contributed by atoms with Crippen LogP contribution in [0.15, 0.2) is 30.3 Å². The van der Waals surface area contributed by atoms with Crippen LogP contribution in [0, 0.1) is 5.92 Å². The molecule has 23 heavy (non-hydrogen) atoms. The van der Waals surface area contributed by atoms with Crippen LogP contribution >= 0.6 is 0 Å². The number of hydrogen-bond donors (Lipinski definition) is 1. The maximum Gasteiger partial charge on any atom is 0.387 e. The molecule has 0 aliphatic carbocycles. The fourth-order valence-corrected chi connectivity index (χ4v) is 2.72. The highest BCUT2D eigenvalue weighted by atomic mass is 19.3. The lowest BCUT2D eigenvalue weighted by Gasteiger charge is -2.36. The van der Waals surface area contributed by atoms with Gasteiger partial charge in [-0.25, -0.2) is 0 Å². The van der Waals surface area contributed by atoms with E-state index in [9.17, 15) is 18.7 Å². The predicted molar refractivity (Wildman–Crippen MR) is 83.1 cm³/mol. The van der Waals surface area contributed by atoms with Crippen molar-refractivity contribution < 1.29 is 23.4 Å². The lowest BCUT2D eigenvalue weighted by Crippen LogP contribution is -2.45. The van der Waals surface area contributed by atoms with Gasteiger partial charge in [-0.3, -0.25) is 4.79 Å². The Hall–Kier alpha value is -1.95. The average Bonchev–Trinajstić information content (AvgIpc) is 2.53. The van der Waals surface area contributed by atoms with E-state index in [0.29, 0.717) is 12.1 Å². The molecule has 1 saturated heterocycles. The Kier molecular flexibility index (Phi) is 6.10. The van der Waals surface area contributed by atoms with Crippen LogP contribution in [-0.2, 0) is 4.79 Å². The minimum absolute atomic E-state index is 0.0338. The van der Waals surface area contributed by atoms with Gasteiger partial charge in [0.2, 0.25) is 5.91 Å². The Labute approximate surface area is 134 Å². The molecule has 0 radical (unpaired) electrons. The molecule has 1 heterocycles. The highest BCUT2D eigenvalue weighted by Crippen LogP contribution is 2.24. The zero-order chi connectivity index (χ0) is 16.8. The highest BCUT2D eigenvalue weighted by Gasteiger charge is 2.27. The van der Waals surface area contributed by atoms with Crippen LogP contribution in [0.2, 0.25) is 0 Å². The number of amides is 1. The Bertz CT molecular complexity index is 563. The number of aliphatic hydroxyl groups is 1. The van der Waals surface area contributed by atoms with Crippen molar-refractivity contribution >= 4 is 12.0 Å². The molecule has 1 fully saturated rings. The van der Waals surface area contributed by atoms with Crippen LogP contribution in [0.3, 0.4) is 0 Å². The molecule has 2 rings (SSSR count). The van der Waals surface area contributed by atoms with E-state index in [4.69, 9.17) is 0 Å². The highest BCUT2D eigenvalue weighted by molar-refractivity contribution is 5.92. The molecule has 0 bridgehead atoms. The van der Waals surface area contributed by atoms with Crippen molar-refractivity contribution in [3.8, 4) is 5.75 Å². The predicted octanol–water partition coefficient (Wildman–Crippen LogP) is 2.92. The minimum atomic E-state index is -2.91. The molecule has 0 aromatic heterocycles. The number of rotatable bonds is 5. The van der Waals surface area contributed by atoms with E-state index >= 15 is 0 Å². The largest absolute Gasteiger partial charge is 0.434 e. The molecule has 1 amide bonds. The van der Waals surface area contributed by atoms with E-state index < -0.39 is 6.61 Å². The molecule has 1 N–H and O–H groups in total. The quantitative estimate of drug-likeness (QED) is 0.847. The van der Waals surface area contributed by atoms with Gasteiger partial charge in [0.25, 0.3) is 0 Å². The van der Waals surface area contributed by atoms with E-state index in [1.807, 2.05) is 6.92 Å². The number of benzene rings is 1. The van der Waals surface area contributed by atoms with Crippen molar-refractivity contribution in [2.24, 2.45) is 5.92 Å². The van der Waals surface area contributed by atoms with Gasteiger partial charge in [0.1, 0.15) is 5.75 Å².